The Labute approximate surface area is 476 Å². The van der Waals surface area contributed by atoms with Crippen LogP contribution in [0.15, 0.2) is 0 Å². The summed E-state index contributed by atoms with van der Waals surface area (Å²) in [5.41, 5.74) is 0. The molecule has 0 saturated carbocycles. The summed E-state index contributed by atoms with van der Waals surface area (Å²) in [7, 11) is 0. The van der Waals surface area contributed by atoms with Gasteiger partial charge in [0.25, 0.3) is 0 Å². The van der Waals surface area contributed by atoms with Crippen molar-refractivity contribution in [3.8, 4) is 0 Å². The second-order valence-electron chi connectivity index (χ2n) is 24.6. The average Bonchev–Trinajstić information content (AvgIpc) is 3.42. The zero-order valence-electron chi connectivity index (χ0n) is 52.0. The number of rotatable bonds is 67. The number of amides is 1. The number of ether oxygens (including phenoxy) is 1. The van der Waals surface area contributed by atoms with Gasteiger partial charge in [0.05, 0.1) is 25.4 Å². The molecule has 0 saturated heterocycles. The molecule has 0 rings (SSSR count). The van der Waals surface area contributed by atoms with Gasteiger partial charge in [-0.2, -0.15) is 0 Å². The van der Waals surface area contributed by atoms with Gasteiger partial charge in [-0.3, -0.25) is 9.59 Å². The minimum atomic E-state index is -0.662. The van der Waals surface area contributed by atoms with Crippen molar-refractivity contribution in [3.63, 3.8) is 0 Å². The van der Waals surface area contributed by atoms with Gasteiger partial charge in [-0.05, 0) is 25.7 Å². The van der Waals surface area contributed by atoms with Crippen LogP contribution in [0.5, 0.6) is 0 Å². The molecule has 6 heteroatoms. The molecule has 2 unspecified atom stereocenters. The molecule has 0 aromatic heterocycles. The van der Waals surface area contributed by atoms with Gasteiger partial charge in [-0.15, -0.1) is 0 Å². The SMILES string of the molecule is CCCCCCCCCCCCCCCCCCCCCC(O)C(CO)NC(=O)CCCCCCCCCCCCCCCCCCCCCCCCCCCCOC(=O)CCCCCCCCCCCCCCCC. The van der Waals surface area contributed by atoms with E-state index in [1.807, 2.05) is 0 Å². The molecule has 0 spiro atoms. The standard InChI is InChI=1S/C70H139NO5/c1-3-5-7-9-11-13-15-17-19-20-29-32-35-38-42-46-50-54-58-62-68(73)67(66-72)71-69(74)63-59-55-51-47-43-39-36-33-30-27-25-23-21-22-24-26-28-31-34-37-41-45-49-53-57-61-65-76-70(75)64-60-56-52-48-44-40-18-16-14-12-10-8-6-4-2/h67-68,72-73H,3-66H2,1-2H3,(H,71,74). The molecular weight excluding hydrogens is 935 g/mol. The van der Waals surface area contributed by atoms with Crippen LogP contribution in [0.3, 0.4) is 0 Å². The molecule has 6 nitrogen and oxygen atoms in total. The Bertz CT molecular complexity index is 1100. The third-order valence-electron chi connectivity index (χ3n) is 16.9. The van der Waals surface area contributed by atoms with E-state index in [0.717, 1.165) is 38.5 Å². The van der Waals surface area contributed by atoms with Gasteiger partial charge in [0.15, 0.2) is 0 Å². The van der Waals surface area contributed by atoms with E-state index in [-0.39, 0.29) is 18.5 Å². The number of nitrogens with one attached hydrogen (secondary N) is 1. The van der Waals surface area contributed by atoms with E-state index >= 15 is 0 Å². The number of esters is 1. The van der Waals surface area contributed by atoms with Gasteiger partial charge < -0.3 is 20.3 Å². The van der Waals surface area contributed by atoms with Crippen molar-refractivity contribution in [3.05, 3.63) is 0 Å². The number of hydrogen-bond acceptors (Lipinski definition) is 5. The largest absolute Gasteiger partial charge is 0.466 e. The summed E-state index contributed by atoms with van der Waals surface area (Å²) in [6.07, 6.45) is 80.0. The van der Waals surface area contributed by atoms with Gasteiger partial charge in [0.2, 0.25) is 5.91 Å². The lowest BCUT2D eigenvalue weighted by atomic mass is 10.0. The first-order valence-corrected chi connectivity index (χ1v) is 35.3. The summed E-state index contributed by atoms with van der Waals surface area (Å²) in [5, 5.41) is 23.4. The van der Waals surface area contributed by atoms with E-state index < -0.39 is 12.1 Å². The monoisotopic (exact) mass is 1070 g/mol. The third-order valence-corrected chi connectivity index (χ3v) is 16.9. The van der Waals surface area contributed by atoms with Gasteiger partial charge in [0.1, 0.15) is 0 Å². The van der Waals surface area contributed by atoms with E-state index in [1.54, 1.807) is 0 Å². The van der Waals surface area contributed by atoms with Crippen molar-refractivity contribution in [1.29, 1.82) is 0 Å². The molecule has 76 heavy (non-hydrogen) atoms. The highest BCUT2D eigenvalue weighted by molar-refractivity contribution is 5.76. The summed E-state index contributed by atoms with van der Waals surface area (Å²) in [5.74, 6) is -0.00678. The van der Waals surface area contributed by atoms with E-state index in [9.17, 15) is 19.8 Å². The van der Waals surface area contributed by atoms with Crippen LogP contribution in [-0.4, -0.2) is 47.4 Å². The average molecular weight is 1070 g/mol. The van der Waals surface area contributed by atoms with E-state index in [1.165, 1.54) is 340 Å². The maximum Gasteiger partial charge on any atom is 0.305 e. The molecule has 3 N–H and O–H groups in total. The first-order valence-electron chi connectivity index (χ1n) is 35.3. The lowest BCUT2D eigenvalue weighted by Gasteiger charge is -2.22. The van der Waals surface area contributed by atoms with Gasteiger partial charge >= 0.3 is 5.97 Å². The molecule has 2 atom stereocenters. The highest BCUT2D eigenvalue weighted by Crippen LogP contribution is 2.20. The Morgan fingerprint density at radius 3 is 0.803 bits per heavy atom. The minimum Gasteiger partial charge on any atom is -0.466 e. The number of aliphatic hydroxyl groups is 2. The van der Waals surface area contributed by atoms with Crippen molar-refractivity contribution in [1.82, 2.24) is 5.32 Å². The lowest BCUT2D eigenvalue weighted by Crippen LogP contribution is -2.45. The molecule has 0 aromatic rings. The fourth-order valence-electron chi connectivity index (χ4n) is 11.5. The summed E-state index contributed by atoms with van der Waals surface area (Å²) < 4.78 is 5.50. The first-order chi connectivity index (χ1) is 37.5. The van der Waals surface area contributed by atoms with E-state index in [4.69, 9.17) is 4.74 Å². The Morgan fingerprint density at radius 1 is 0.316 bits per heavy atom. The van der Waals surface area contributed by atoms with Gasteiger partial charge in [0, 0.05) is 12.8 Å². The lowest BCUT2D eigenvalue weighted by molar-refractivity contribution is -0.143. The molecule has 0 aromatic carbocycles. The molecule has 0 aliphatic carbocycles. The van der Waals surface area contributed by atoms with Crippen molar-refractivity contribution >= 4 is 11.9 Å². The maximum absolute atomic E-state index is 12.5. The fourth-order valence-corrected chi connectivity index (χ4v) is 11.5. The normalized spacial score (nSPS) is 12.4. The third kappa shape index (κ3) is 62.1. The topological polar surface area (TPSA) is 95.9 Å². The molecule has 0 radical (unpaired) electrons. The van der Waals surface area contributed by atoms with Crippen LogP contribution < -0.4 is 5.32 Å². The Kier molecular flexibility index (Phi) is 65.4. The maximum atomic E-state index is 12.5. The van der Waals surface area contributed by atoms with Gasteiger partial charge in [-0.25, -0.2) is 0 Å². The molecule has 0 fully saturated rings. The molecule has 0 aliphatic heterocycles. The summed E-state index contributed by atoms with van der Waals surface area (Å²) >= 11 is 0. The molecule has 0 aliphatic rings. The second-order valence-corrected chi connectivity index (χ2v) is 24.6. The minimum absolute atomic E-state index is 0.0209. The van der Waals surface area contributed by atoms with Crippen LogP contribution in [0.1, 0.15) is 412 Å². The smallest absolute Gasteiger partial charge is 0.305 e. The number of unbranched alkanes of at least 4 members (excludes halogenated alkanes) is 56. The van der Waals surface area contributed by atoms with Crippen molar-refractivity contribution in [2.75, 3.05) is 13.2 Å². The van der Waals surface area contributed by atoms with Crippen molar-refractivity contribution in [2.45, 2.75) is 424 Å². The molecule has 454 valence electrons. The Hall–Kier alpha value is -1.14. The van der Waals surface area contributed by atoms with E-state index in [0.29, 0.717) is 25.9 Å². The summed E-state index contributed by atoms with van der Waals surface area (Å²) in [6.45, 7) is 5.00. The fraction of sp³-hybridized carbons (Fsp3) is 0.971. The molecule has 0 heterocycles. The number of carbonyl (C=O) groups excluding carboxylic acids is 2. The Balaban J connectivity index is 3.34. The number of aliphatic hydroxyl groups excluding tert-OH is 2. The van der Waals surface area contributed by atoms with Crippen LogP contribution in [0, 0.1) is 0 Å². The highest BCUT2D eigenvalue weighted by atomic mass is 16.5. The predicted octanol–water partition coefficient (Wildman–Crippen LogP) is 22.6. The zero-order chi connectivity index (χ0) is 55.0. The predicted molar refractivity (Wildman–Crippen MR) is 334 cm³/mol. The van der Waals surface area contributed by atoms with Gasteiger partial charge in [-0.1, -0.05) is 373 Å². The van der Waals surface area contributed by atoms with Crippen LogP contribution in [0.2, 0.25) is 0 Å². The van der Waals surface area contributed by atoms with E-state index in [2.05, 4.69) is 19.2 Å². The molecular formula is C70H139NO5. The van der Waals surface area contributed by atoms with Crippen LogP contribution in [0.25, 0.3) is 0 Å². The molecule has 0 bridgehead atoms. The first kappa shape index (κ1) is 74.9. The number of hydrogen-bond donors (Lipinski definition) is 3. The van der Waals surface area contributed by atoms with Crippen LogP contribution in [0.4, 0.5) is 0 Å². The van der Waals surface area contributed by atoms with Crippen LogP contribution >= 0.6 is 0 Å². The molecule has 1 amide bonds. The highest BCUT2D eigenvalue weighted by Gasteiger charge is 2.20. The Morgan fingerprint density at radius 2 is 0.539 bits per heavy atom. The van der Waals surface area contributed by atoms with Crippen molar-refractivity contribution < 1.29 is 24.5 Å². The summed E-state index contributed by atoms with van der Waals surface area (Å²) in [6, 6.07) is -0.539. The quantitative estimate of drug-likeness (QED) is 0.0417. The zero-order valence-corrected chi connectivity index (χ0v) is 52.0. The van der Waals surface area contributed by atoms with Crippen molar-refractivity contribution in [2.24, 2.45) is 0 Å². The van der Waals surface area contributed by atoms with Crippen LogP contribution in [-0.2, 0) is 14.3 Å². The number of carbonyl (C=O) groups is 2. The summed E-state index contributed by atoms with van der Waals surface area (Å²) in [4.78, 5) is 24.6. The second kappa shape index (κ2) is 66.4.